The molecule has 0 aliphatic carbocycles. The molecular formula is C59H90O6. The van der Waals surface area contributed by atoms with E-state index in [1.54, 1.807) is 12.2 Å². The lowest BCUT2D eigenvalue weighted by molar-refractivity contribution is -0.166. The number of esters is 3. The molecule has 0 spiro atoms. The van der Waals surface area contributed by atoms with Gasteiger partial charge in [-0.2, -0.15) is 0 Å². The average Bonchev–Trinajstić information content (AvgIpc) is 3.30. The van der Waals surface area contributed by atoms with Crippen LogP contribution in [0.5, 0.6) is 0 Å². The van der Waals surface area contributed by atoms with E-state index >= 15 is 0 Å². The van der Waals surface area contributed by atoms with Crippen LogP contribution in [0.1, 0.15) is 188 Å². The van der Waals surface area contributed by atoms with Crippen LogP contribution in [-0.4, -0.2) is 37.2 Å². The van der Waals surface area contributed by atoms with Crippen molar-refractivity contribution in [1.29, 1.82) is 0 Å². The molecule has 0 N–H and O–H groups in total. The molecule has 65 heavy (non-hydrogen) atoms. The van der Waals surface area contributed by atoms with E-state index in [0.717, 1.165) is 83.5 Å². The van der Waals surface area contributed by atoms with Crippen LogP contribution in [0.25, 0.3) is 0 Å². The first-order valence-electron chi connectivity index (χ1n) is 25.3. The zero-order valence-electron chi connectivity index (χ0n) is 41.2. The summed E-state index contributed by atoms with van der Waals surface area (Å²) < 4.78 is 16.6. The number of carbonyl (C=O) groups excluding carboxylic acids is 3. The number of hydrogen-bond acceptors (Lipinski definition) is 6. The Morgan fingerprint density at radius 3 is 1.08 bits per heavy atom. The lowest BCUT2D eigenvalue weighted by Gasteiger charge is -2.17. The molecule has 0 aliphatic rings. The molecule has 0 fully saturated rings. The highest BCUT2D eigenvalue weighted by atomic mass is 16.6. The van der Waals surface area contributed by atoms with E-state index in [2.05, 4.69) is 142 Å². The average molecular weight is 895 g/mol. The molecule has 0 amide bonds. The lowest BCUT2D eigenvalue weighted by atomic mass is 10.1. The standard InChI is InChI=1S/C59H90O6/c1-4-7-10-13-16-19-22-25-28-29-32-34-37-40-43-46-49-52-58(61)64-55-56(65-59(62)53-50-47-44-41-38-35-31-27-24-21-18-15-12-9-6-3)54-63-57(60)51-48-45-42-39-36-33-30-26-23-20-17-14-11-8-5-2/h8-9,11-12,16-21,25-28,30-31,36,38-39,41,45,47-48,50,56H,4-7,10,13-15,22-24,29,32-35,37,40,42-44,46,49,51-55H2,1-3H3/b11-8-,12-9-,19-16-,20-17-,21-18-,28-25-,30-26-,31-27-,39-36-,41-38-,48-45-,50-47-. The number of allylic oxidation sites excluding steroid dienone is 22. The quantitative estimate of drug-likeness (QED) is 0.0263. The molecule has 0 rings (SSSR count). The Kier molecular flexibility index (Phi) is 48.2. The van der Waals surface area contributed by atoms with E-state index in [-0.39, 0.29) is 32.0 Å². The van der Waals surface area contributed by atoms with E-state index in [0.29, 0.717) is 19.3 Å². The van der Waals surface area contributed by atoms with E-state index in [4.69, 9.17) is 14.2 Å². The Morgan fingerprint density at radius 2 is 0.662 bits per heavy atom. The van der Waals surface area contributed by atoms with Crippen LogP contribution in [0.4, 0.5) is 0 Å². The van der Waals surface area contributed by atoms with Gasteiger partial charge in [0.1, 0.15) is 13.2 Å². The van der Waals surface area contributed by atoms with Gasteiger partial charge in [-0.25, -0.2) is 0 Å². The molecule has 0 aromatic rings. The van der Waals surface area contributed by atoms with Crippen molar-refractivity contribution in [3.05, 3.63) is 146 Å². The largest absolute Gasteiger partial charge is 0.462 e. The minimum absolute atomic E-state index is 0.0690. The van der Waals surface area contributed by atoms with Gasteiger partial charge < -0.3 is 14.2 Å². The summed E-state index contributed by atoms with van der Waals surface area (Å²) >= 11 is 0. The Morgan fingerprint density at radius 1 is 0.338 bits per heavy atom. The van der Waals surface area contributed by atoms with Gasteiger partial charge in [0.2, 0.25) is 0 Å². The fourth-order valence-electron chi connectivity index (χ4n) is 6.15. The molecule has 6 nitrogen and oxygen atoms in total. The molecule has 362 valence electrons. The van der Waals surface area contributed by atoms with Crippen molar-refractivity contribution >= 4 is 17.9 Å². The van der Waals surface area contributed by atoms with Gasteiger partial charge in [0, 0.05) is 6.42 Å². The predicted molar refractivity (Wildman–Crippen MR) is 279 cm³/mol. The monoisotopic (exact) mass is 895 g/mol. The maximum Gasteiger partial charge on any atom is 0.310 e. The summed E-state index contributed by atoms with van der Waals surface area (Å²) in [7, 11) is 0. The highest BCUT2D eigenvalue weighted by molar-refractivity contribution is 5.72. The maximum atomic E-state index is 12.7. The predicted octanol–water partition coefficient (Wildman–Crippen LogP) is 16.9. The smallest absolute Gasteiger partial charge is 0.310 e. The van der Waals surface area contributed by atoms with Crippen molar-refractivity contribution in [2.24, 2.45) is 0 Å². The van der Waals surface area contributed by atoms with Gasteiger partial charge in [-0.1, -0.05) is 212 Å². The van der Waals surface area contributed by atoms with Crippen molar-refractivity contribution in [1.82, 2.24) is 0 Å². The Bertz CT molecular complexity index is 1490. The first kappa shape index (κ1) is 60.3. The third kappa shape index (κ3) is 50.2. The fourth-order valence-corrected chi connectivity index (χ4v) is 6.15. The Balaban J connectivity index is 4.66. The minimum Gasteiger partial charge on any atom is -0.462 e. The van der Waals surface area contributed by atoms with Crippen LogP contribution in [0, 0.1) is 0 Å². The summed E-state index contributed by atoms with van der Waals surface area (Å²) in [6, 6.07) is 0. The molecule has 0 saturated carbocycles. The van der Waals surface area contributed by atoms with Gasteiger partial charge in [0.05, 0.1) is 12.8 Å². The number of ether oxygens (including phenoxy) is 3. The summed E-state index contributed by atoms with van der Waals surface area (Å²) in [5, 5.41) is 0. The summed E-state index contributed by atoms with van der Waals surface area (Å²) in [6.45, 7) is 6.17. The van der Waals surface area contributed by atoms with Gasteiger partial charge in [-0.05, 0) is 103 Å². The van der Waals surface area contributed by atoms with Gasteiger partial charge >= 0.3 is 17.9 Å². The topological polar surface area (TPSA) is 78.9 Å². The molecule has 0 saturated heterocycles. The SMILES string of the molecule is CC/C=C\C/C=C\C/C=C\C/C=C\C/C=C\CC(=O)OCC(COC(=O)CCCCCCCCC/C=C\C/C=C\CCCCC)OC(=O)C/C=C\C/C=C\C/C=C\C/C=C\C/C=C\CC. The number of carbonyl (C=O) groups is 3. The highest BCUT2D eigenvalue weighted by Gasteiger charge is 2.19. The van der Waals surface area contributed by atoms with Crippen LogP contribution in [0.15, 0.2) is 146 Å². The Hall–Kier alpha value is -4.71. The number of unbranched alkanes of at least 4 members (excludes halogenated alkanes) is 10. The minimum atomic E-state index is -0.881. The lowest BCUT2D eigenvalue weighted by Crippen LogP contribution is -2.30. The third-order valence-corrected chi connectivity index (χ3v) is 9.87. The van der Waals surface area contributed by atoms with E-state index < -0.39 is 18.0 Å². The molecule has 0 heterocycles. The van der Waals surface area contributed by atoms with Crippen LogP contribution >= 0.6 is 0 Å². The number of rotatable bonds is 43. The van der Waals surface area contributed by atoms with Crippen molar-refractivity contribution in [2.75, 3.05) is 13.2 Å². The van der Waals surface area contributed by atoms with Crippen LogP contribution in [0.3, 0.4) is 0 Å². The van der Waals surface area contributed by atoms with E-state index in [1.807, 2.05) is 12.2 Å². The normalized spacial score (nSPS) is 13.3. The zero-order valence-corrected chi connectivity index (χ0v) is 41.2. The summed E-state index contributed by atoms with van der Waals surface area (Å²) in [5.41, 5.74) is 0. The molecule has 6 heteroatoms. The van der Waals surface area contributed by atoms with E-state index in [1.165, 1.54) is 51.4 Å². The first-order chi connectivity index (χ1) is 32.0. The Labute approximate surface area is 397 Å². The van der Waals surface area contributed by atoms with Gasteiger partial charge in [-0.15, -0.1) is 0 Å². The maximum absolute atomic E-state index is 12.7. The molecule has 0 radical (unpaired) electrons. The van der Waals surface area contributed by atoms with Gasteiger partial charge in [0.15, 0.2) is 6.10 Å². The van der Waals surface area contributed by atoms with Gasteiger partial charge in [0.25, 0.3) is 0 Å². The molecule has 1 unspecified atom stereocenters. The molecule has 0 aliphatic heterocycles. The second-order valence-electron chi connectivity index (χ2n) is 16.0. The molecule has 1 atom stereocenters. The third-order valence-electron chi connectivity index (χ3n) is 9.87. The van der Waals surface area contributed by atoms with E-state index in [9.17, 15) is 14.4 Å². The first-order valence-corrected chi connectivity index (χ1v) is 25.3. The highest BCUT2D eigenvalue weighted by Crippen LogP contribution is 2.12. The zero-order chi connectivity index (χ0) is 47.2. The van der Waals surface area contributed by atoms with Crippen LogP contribution < -0.4 is 0 Å². The summed E-state index contributed by atoms with van der Waals surface area (Å²) in [5.74, 6) is -1.24. The number of hydrogen-bond donors (Lipinski definition) is 0. The van der Waals surface area contributed by atoms with Crippen molar-refractivity contribution in [3.8, 4) is 0 Å². The second kappa shape index (κ2) is 51.9. The molecular weight excluding hydrogens is 805 g/mol. The molecule has 0 bridgehead atoms. The van der Waals surface area contributed by atoms with Crippen molar-refractivity contribution in [3.63, 3.8) is 0 Å². The van der Waals surface area contributed by atoms with Gasteiger partial charge in [-0.3, -0.25) is 14.4 Å². The van der Waals surface area contributed by atoms with Crippen LogP contribution in [0.2, 0.25) is 0 Å². The van der Waals surface area contributed by atoms with Crippen molar-refractivity contribution in [2.45, 2.75) is 194 Å². The summed E-state index contributed by atoms with van der Waals surface area (Å²) in [6.07, 6.45) is 74.5. The molecule has 0 aromatic heterocycles. The second-order valence-corrected chi connectivity index (χ2v) is 16.0. The summed E-state index contributed by atoms with van der Waals surface area (Å²) in [4.78, 5) is 37.9. The fraction of sp³-hybridized carbons (Fsp3) is 0.542. The van der Waals surface area contributed by atoms with Crippen LogP contribution in [-0.2, 0) is 28.6 Å². The van der Waals surface area contributed by atoms with Crippen molar-refractivity contribution < 1.29 is 28.6 Å². The molecule has 0 aromatic carbocycles.